The number of hydrogen-bond donors (Lipinski definition) is 3. The summed E-state index contributed by atoms with van der Waals surface area (Å²) in [5.41, 5.74) is 1.87. The zero-order chi connectivity index (χ0) is 37.4. The maximum absolute atomic E-state index is 13.0. The van der Waals surface area contributed by atoms with Crippen LogP contribution in [0.25, 0.3) is 0 Å². The van der Waals surface area contributed by atoms with Gasteiger partial charge in [0.25, 0.3) is 11.6 Å². The van der Waals surface area contributed by atoms with E-state index in [-0.39, 0.29) is 24.8 Å². The van der Waals surface area contributed by atoms with Crippen molar-refractivity contribution in [3.63, 3.8) is 0 Å². The number of halogens is 9. The number of nitrogen functional groups attached to an aromatic ring is 1. The van der Waals surface area contributed by atoms with Crippen LogP contribution in [0.3, 0.4) is 0 Å². The zero-order valence-corrected chi connectivity index (χ0v) is 26.4. The van der Waals surface area contributed by atoms with Crippen LogP contribution in [0.2, 0.25) is 0 Å². The largest absolute Gasteiger partial charge is 0.454 e. The molecule has 3 rings (SSSR count). The average molecular weight is 710 g/mol. The van der Waals surface area contributed by atoms with E-state index in [9.17, 15) is 58.7 Å². The summed E-state index contributed by atoms with van der Waals surface area (Å²) in [6, 6.07) is 10.2. The smallest absolute Gasteiger partial charge is 0.398 e. The summed E-state index contributed by atoms with van der Waals surface area (Å²) in [6.45, 7) is 10.1. The number of nitrogens with two attached hydrogens (primary N) is 1. The summed E-state index contributed by atoms with van der Waals surface area (Å²) in [7, 11) is 0. The number of hydrogen-bond acceptors (Lipinski definition) is 5. The second kappa shape index (κ2) is 17.0. The van der Waals surface area contributed by atoms with Gasteiger partial charge in [0.2, 0.25) is 11.8 Å². The Kier molecular flexibility index (Phi) is 15.3. The standard InChI is InChI=1S/C13H13F4NO2.C11H14FNO.C8H5F4NO.CH4/c1-12(2,3)11(20)18-9-5-4-7(14)6-8(9)10(19)13(15,16)17;1-11(2,3)10(14)13-9-6-4-8(12)5-7-9;9-4-1-2-6(13)5(3-4)7(14)8(10,11)12;/h4-6H,1-3H3,(H,18,20);4-7H,1-3H3,(H,13,14);1-3H,13H2;1H4. The molecule has 0 heterocycles. The third-order valence-corrected chi connectivity index (χ3v) is 5.71. The lowest BCUT2D eigenvalue weighted by Gasteiger charge is -2.19. The number of ketones is 2. The van der Waals surface area contributed by atoms with Crippen LogP contribution in [-0.2, 0) is 9.59 Å². The molecular weight excluding hydrogens is 673 g/mol. The molecule has 0 saturated carbocycles. The summed E-state index contributed by atoms with van der Waals surface area (Å²) in [5, 5.41) is 4.91. The van der Waals surface area contributed by atoms with Crippen molar-refractivity contribution >= 4 is 40.4 Å². The van der Waals surface area contributed by atoms with Crippen LogP contribution < -0.4 is 16.4 Å². The minimum atomic E-state index is -5.14. The van der Waals surface area contributed by atoms with E-state index in [4.69, 9.17) is 5.73 Å². The van der Waals surface area contributed by atoms with E-state index in [1.165, 1.54) is 12.1 Å². The van der Waals surface area contributed by atoms with Gasteiger partial charge >= 0.3 is 12.4 Å². The molecule has 16 heteroatoms. The molecule has 270 valence electrons. The Morgan fingerprint density at radius 3 is 1.35 bits per heavy atom. The molecule has 0 radical (unpaired) electrons. The van der Waals surface area contributed by atoms with Crippen LogP contribution >= 0.6 is 0 Å². The van der Waals surface area contributed by atoms with E-state index in [1.54, 1.807) is 32.9 Å². The molecule has 0 aromatic heterocycles. The topological polar surface area (TPSA) is 118 Å². The number of nitrogens with one attached hydrogen (secondary N) is 2. The van der Waals surface area contributed by atoms with Crippen molar-refractivity contribution in [1.82, 2.24) is 0 Å². The number of Topliss-reactive ketones (excluding diaryl/α,β-unsaturated/α-hetero) is 2. The highest BCUT2D eigenvalue weighted by Crippen LogP contribution is 2.29. The number of benzene rings is 3. The molecule has 0 saturated heterocycles. The van der Waals surface area contributed by atoms with Crippen molar-refractivity contribution in [2.24, 2.45) is 10.8 Å². The summed E-state index contributed by atoms with van der Waals surface area (Å²) in [5.74, 6) is -7.25. The number of carbonyl (C=O) groups excluding carboxylic acids is 4. The number of alkyl halides is 6. The molecule has 0 fully saturated rings. The average Bonchev–Trinajstić information content (AvgIpc) is 2.94. The molecule has 0 bridgehead atoms. The highest BCUT2D eigenvalue weighted by Gasteiger charge is 2.41. The lowest BCUT2D eigenvalue weighted by Crippen LogP contribution is -2.30. The van der Waals surface area contributed by atoms with Gasteiger partial charge in [-0.05, 0) is 60.7 Å². The number of rotatable bonds is 4. The van der Waals surface area contributed by atoms with E-state index in [2.05, 4.69) is 10.6 Å². The maximum atomic E-state index is 13.0. The van der Waals surface area contributed by atoms with Gasteiger partial charge in [0, 0.05) is 22.2 Å². The first-order valence-electron chi connectivity index (χ1n) is 13.6. The summed E-state index contributed by atoms with van der Waals surface area (Å²) < 4.78 is 111. The van der Waals surface area contributed by atoms with Gasteiger partial charge in [-0.25, -0.2) is 13.2 Å². The monoisotopic (exact) mass is 709 g/mol. The van der Waals surface area contributed by atoms with Gasteiger partial charge in [0.05, 0.1) is 16.8 Å². The Balaban J connectivity index is 0.000000715. The molecular formula is C33H36F9N3O4. The van der Waals surface area contributed by atoms with Gasteiger partial charge in [0.15, 0.2) is 0 Å². The van der Waals surface area contributed by atoms with Crippen molar-refractivity contribution in [2.45, 2.75) is 61.3 Å². The molecule has 7 nitrogen and oxygen atoms in total. The van der Waals surface area contributed by atoms with Crippen molar-refractivity contribution < 1.29 is 58.7 Å². The molecule has 2 amide bonds. The molecule has 49 heavy (non-hydrogen) atoms. The first-order chi connectivity index (χ1) is 21.6. The predicted octanol–water partition coefficient (Wildman–Crippen LogP) is 9.15. The maximum Gasteiger partial charge on any atom is 0.454 e. The zero-order valence-electron chi connectivity index (χ0n) is 26.4. The van der Waals surface area contributed by atoms with Gasteiger partial charge in [-0.1, -0.05) is 49.0 Å². The first kappa shape index (κ1) is 44.1. The van der Waals surface area contributed by atoms with E-state index in [0.717, 1.165) is 24.3 Å². The SMILES string of the molecule is C.CC(C)(C)C(=O)Nc1ccc(F)cc1.CC(C)(C)C(=O)Nc1ccc(F)cc1C(=O)C(F)(F)F.Nc1ccc(F)cc1C(=O)C(F)(F)F. The van der Waals surface area contributed by atoms with Crippen LogP contribution in [-0.4, -0.2) is 35.7 Å². The highest BCUT2D eigenvalue weighted by atomic mass is 19.4. The van der Waals surface area contributed by atoms with Gasteiger partial charge in [-0.2, -0.15) is 26.3 Å². The second-order valence-corrected chi connectivity index (χ2v) is 12.0. The Morgan fingerprint density at radius 2 is 0.918 bits per heavy atom. The third-order valence-electron chi connectivity index (χ3n) is 5.71. The van der Waals surface area contributed by atoms with Gasteiger partial charge in [-0.15, -0.1) is 0 Å². The lowest BCUT2D eigenvalue weighted by molar-refractivity contribution is -0.123. The van der Waals surface area contributed by atoms with Crippen LogP contribution in [0.15, 0.2) is 60.7 Å². The van der Waals surface area contributed by atoms with Crippen molar-refractivity contribution in [3.05, 3.63) is 89.2 Å². The Morgan fingerprint density at radius 1 is 0.551 bits per heavy atom. The van der Waals surface area contributed by atoms with Gasteiger partial charge in [-0.3, -0.25) is 19.2 Å². The normalized spacial score (nSPS) is 11.4. The molecule has 0 aliphatic rings. The second-order valence-electron chi connectivity index (χ2n) is 12.0. The molecule has 0 aliphatic carbocycles. The van der Waals surface area contributed by atoms with E-state index in [0.29, 0.717) is 17.8 Å². The van der Waals surface area contributed by atoms with Crippen molar-refractivity contribution in [1.29, 1.82) is 0 Å². The Labute approximate surface area is 277 Å². The quantitative estimate of drug-likeness (QED) is 0.142. The molecule has 0 aliphatic heterocycles. The third kappa shape index (κ3) is 14.4. The number of carbonyl (C=O) groups is 4. The summed E-state index contributed by atoms with van der Waals surface area (Å²) >= 11 is 0. The molecule has 0 atom stereocenters. The minimum absolute atomic E-state index is 0. The minimum Gasteiger partial charge on any atom is -0.398 e. The van der Waals surface area contributed by atoms with E-state index < -0.39 is 69.1 Å². The molecule has 0 spiro atoms. The fourth-order valence-electron chi connectivity index (χ4n) is 3.01. The van der Waals surface area contributed by atoms with E-state index >= 15 is 0 Å². The fourth-order valence-corrected chi connectivity index (χ4v) is 3.01. The van der Waals surface area contributed by atoms with Crippen LogP contribution in [0.5, 0.6) is 0 Å². The van der Waals surface area contributed by atoms with Crippen molar-refractivity contribution in [3.8, 4) is 0 Å². The molecule has 3 aromatic rings. The highest BCUT2D eigenvalue weighted by molar-refractivity contribution is 6.08. The number of amides is 2. The summed E-state index contributed by atoms with van der Waals surface area (Å²) in [4.78, 5) is 45.2. The van der Waals surface area contributed by atoms with Crippen LogP contribution in [0.4, 0.5) is 56.6 Å². The van der Waals surface area contributed by atoms with Gasteiger partial charge < -0.3 is 16.4 Å². The number of anilines is 3. The molecule has 3 aromatic carbocycles. The first-order valence-corrected chi connectivity index (χ1v) is 13.6. The lowest BCUT2D eigenvalue weighted by atomic mass is 9.95. The predicted molar refractivity (Wildman–Crippen MR) is 167 cm³/mol. The van der Waals surface area contributed by atoms with Crippen LogP contribution in [0, 0.1) is 28.3 Å². The van der Waals surface area contributed by atoms with Gasteiger partial charge in [0.1, 0.15) is 17.5 Å². The molecule has 0 unspecified atom stereocenters. The molecule has 4 N–H and O–H groups in total. The Hall–Kier alpha value is -4.89. The fraction of sp³-hybridized carbons (Fsp3) is 0.333. The Bertz CT molecular complexity index is 1620. The summed E-state index contributed by atoms with van der Waals surface area (Å²) in [6.07, 6.45) is -10.2. The van der Waals surface area contributed by atoms with Crippen LogP contribution in [0.1, 0.15) is 69.7 Å². The van der Waals surface area contributed by atoms with E-state index in [1.807, 2.05) is 20.8 Å². The van der Waals surface area contributed by atoms with Crippen molar-refractivity contribution in [2.75, 3.05) is 16.4 Å².